The van der Waals surface area contributed by atoms with Crippen LogP contribution >= 0.6 is 31.4 Å². The molecular formula is C23H26Cl2N3O7P. The highest BCUT2D eigenvalue weighted by atomic mass is 35.5. The predicted molar refractivity (Wildman–Crippen MR) is 134 cm³/mol. The maximum absolute atomic E-state index is 12.6. The molecule has 1 N–H and O–H groups in total. The number of alkyl halides is 2. The molecule has 2 aromatic rings. The van der Waals surface area contributed by atoms with Crippen LogP contribution in [0.3, 0.4) is 0 Å². The Balaban J connectivity index is 1.55. The zero-order chi connectivity index (χ0) is 26.3. The van der Waals surface area contributed by atoms with Gasteiger partial charge >= 0.3 is 14.1 Å². The van der Waals surface area contributed by atoms with Crippen LogP contribution in [0.2, 0.25) is 0 Å². The van der Waals surface area contributed by atoms with E-state index in [9.17, 15) is 19.8 Å². The number of hydrogen-bond acceptors (Lipinski definition) is 8. The van der Waals surface area contributed by atoms with Gasteiger partial charge in [-0.2, -0.15) is 5.43 Å². The average Bonchev–Trinajstić information content (AvgIpc) is 3.61. The summed E-state index contributed by atoms with van der Waals surface area (Å²) in [6.07, 6.45) is 2.72. The predicted octanol–water partition coefficient (Wildman–Crippen LogP) is 6.02. The first kappa shape index (κ1) is 28.1. The van der Waals surface area contributed by atoms with Crippen LogP contribution in [-0.2, 0) is 9.53 Å². The summed E-state index contributed by atoms with van der Waals surface area (Å²) in [5, 5.41) is 10.7. The Bertz CT molecular complexity index is 1080. The quantitative estimate of drug-likeness (QED) is 0.104. The standard InChI is InChI=1S/C23H26Cl2N3O7P/c1-15(2)13-21(22(29)34-23(24,25)14-16-3-4-16)26-27-36(32)35-20-11-9-19(10-12-20)33-18-7-5-17(6-8-18)28(30)31/h5-12,15-16,21,26H,3-4,13-14H2,1-2H3/t21-/m0/s1. The van der Waals surface area contributed by atoms with Crippen molar-refractivity contribution in [3.8, 4) is 17.2 Å². The molecule has 0 radical (unpaired) electrons. The lowest BCUT2D eigenvalue weighted by Gasteiger charge is -2.23. The molecule has 0 heterocycles. The number of nitrogens with one attached hydrogen (secondary N) is 1. The number of halogens is 2. The largest absolute Gasteiger partial charge is 0.574 e. The fraction of sp³-hybridized carbons (Fsp3) is 0.435. The van der Waals surface area contributed by atoms with Gasteiger partial charge < -0.3 is 14.4 Å². The summed E-state index contributed by atoms with van der Waals surface area (Å²) >= 11 is 12.3. The first-order valence-corrected chi connectivity index (χ1v) is 13.1. The highest BCUT2D eigenvalue weighted by Gasteiger charge is 2.38. The first-order chi connectivity index (χ1) is 17.0. The molecule has 1 aliphatic rings. The molecule has 0 amide bonds. The lowest BCUT2D eigenvalue weighted by Crippen LogP contribution is -2.39. The lowest BCUT2D eigenvalue weighted by atomic mass is 10.0. The van der Waals surface area contributed by atoms with Crippen molar-refractivity contribution in [1.29, 1.82) is 0 Å². The van der Waals surface area contributed by atoms with Crippen LogP contribution < -0.4 is 19.6 Å². The van der Waals surface area contributed by atoms with E-state index in [-0.39, 0.29) is 17.4 Å². The van der Waals surface area contributed by atoms with Crippen molar-refractivity contribution >= 4 is 43.0 Å². The second kappa shape index (κ2) is 12.7. The number of ether oxygens (including phenoxy) is 2. The summed E-state index contributed by atoms with van der Waals surface area (Å²) in [7, 11) is -2.56. The molecule has 0 saturated heterocycles. The highest BCUT2D eigenvalue weighted by Crippen LogP contribution is 2.42. The third-order valence-corrected chi connectivity index (χ3v) is 6.16. The molecule has 10 nitrogen and oxygen atoms in total. The van der Waals surface area contributed by atoms with Gasteiger partial charge in [-0.1, -0.05) is 37.0 Å². The van der Waals surface area contributed by atoms with Crippen LogP contribution in [0.4, 0.5) is 5.69 Å². The fourth-order valence-electron chi connectivity index (χ4n) is 3.16. The van der Waals surface area contributed by atoms with E-state index in [1.165, 1.54) is 36.4 Å². The Morgan fingerprint density at radius 2 is 1.69 bits per heavy atom. The van der Waals surface area contributed by atoms with Crippen molar-refractivity contribution in [1.82, 2.24) is 5.43 Å². The number of carbonyl (C=O) groups excluding carboxylic acids is 1. The molecule has 1 unspecified atom stereocenters. The van der Waals surface area contributed by atoms with Gasteiger partial charge in [0.15, 0.2) is 5.75 Å². The summed E-state index contributed by atoms with van der Waals surface area (Å²) in [5.41, 5.74) is 2.53. The third kappa shape index (κ3) is 9.52. The van der Waals surface area contributed by atoms with E-state index in [1.807, 2.05) is 13.8 Å². The Morgan fingerprint density at radius 1 is 1.14 bits per heavy atom. The minimum atomic E-state index is -2.56. The van der Waals surface area contributed by atoms with E-state index in [2.05, 4.69) is 10.3 Å². The van der Waals surface area contributed by atoms with Gasteiger partial charge in [0.2, 0.25) is 0 Å². The van der Waals surface area contributed by atoms with Crippen molar-refractivity contribution < 1.29 is 28.6 Å². The van der Waals surface area contributed by atoms with Crippen LogP contribution in [0.5, 0.6) is 17.2 Å². The Labute approximate surface area is 219 Å². The van der Waals surface area contributed by atoms with Crippen molar-refractivity contribution in [2.45, 2.75) is 50.1 Å². The Kier molecular flexibility index (Phi) is 9.87. The van der Waals surface area contributed by atoms with Crippen LogP contribution in [-0.4, -0.2) is 21.5 Å². The van der Waals surface area contributed by atoms with E-state index in [0.717, 1.165) is 12.8 Å². The summed E-state index contributed by atoms with van der Waals surface area (Å²) in [6.45, 7) is 3.83. The second-order valence-electron chi connectivity index (χ2n) is 8.77. The van der Waals surface area contributed by atoms with Gasteiger partial charge in [-0.25, -0.2) is 0 Å². The Morgan fingerprint density at radius 3 is 2.22 bits per heavy atom. The maximum Gasteiger partial charge on any atom is 0.412 e. The molecule has 1 aliphatic carbocycles. The number of non-ortho nitro benzene ring substituents is 1. The van der Waals surface area contributed by atoms with Crippen molar-refractivity contribution in [3.63, 3.8) is 0 Å². The number of hydrogen-bond donors (Lipinski definition) is 1. The molecule has 0 aromatic heterocycles. The van der Waals surface area contributed by atoms with Gasteiger partial charge in [0.1, 0.15) is 17.5 Å². The number of nitrogens with zero attached hydrogens (tertiary/aromatic N) is 2. The Hall–Kier alpha value is -2.49. The van der Waals surface area contributed by atoms with E-state index in [0.29, 0.717) is 30.3 Å². The molecule has 0 bridgehead atoms. The van der Waals surface area contributed by atoms with Gasteiger partial charge in [-0.15, -0.1) is 0 Å². The SMILES string of the molecule is CC(C)C[C@H](N/N=[P+](\[O-])Oc1ccc(Oc2ccc([N+](=O)[O-])cc2)cc1)C(=O)OC(Cl)(Cl)CC1CC1. The molecule has 1 fully saturated rings. The fourth-order valence-corrected chi connectivity index (χ4v) is 4.32. The summed E-state index contributed by atoms with van der Waals surface area (Å²) in [4.78, 5) is 39.0. The van der Waals surface area contributed by atoms with Gasteiger partial charge in [0, 0.05) is 23.4 Å². The normalized spacial score (nSPS) is 14.9. The molecule has 2 atom stereocenters. The minimum absolute atomic E-state index is 0.0425. The molecule has 0 spiro atoms. The van der Waals surface area contributed by atoms with Crippen LogP contribution in [0.1, 0.15) is 39.5 Å². The summed E-state index contributed by atoms with van der Waals surface area (Å²) < 4.78 is 14.6. The van der Waals surface area contributed by atoms with Crippen molar-refractivity contribution in [2.75, 3.05) is 0 Å². The maximum atomic E-state index is 12.6. The molecule has 36 heavy (non-hydrogen) atoms. The van der Waals surface area contributed by atoms with Crippen molar-refractivity contribution in [2.24, 2.45) is 16.7 Å². The minimum Gasteiger partial charge on any atom is -0.574 e. The average molecular weight is 558 g/mol. The first-order valence-electron chi connectivity index (χ1n) is 11.2. The van der Waals surface area contributed by atoms with Crippen molar-refractivity contribution in [3.05, 3.63) is 58.6 Å². The van der Waals surface area contributed by atoms with Crippen LogP contribution in [0, 0.1) is 22.0 Å². The third-order valence-electron chi connectivity index (χ3n) is 5.05. The number of nitro groups is 1. The van der Waals surface area contributed by atoms with Crippen LogP contribution in [0.15, 0.2) is 53.4 Å². The van der Waals surface area contributed by atoms with Gasteiger partial charge in [0.05, 0.1) is 4.92 Å². The van der Waals surface area contributed by atoms with E-state index < -0.39 is 29.6 Å². The summed E-state index contributed by atoms with van der Waals surface area (Å²) in [6, 6.07) is 10.9. The molecule has 13 heteroatoms. The topological polar surface area (TPSA) is 135 Å². The number of nitro benzene ring substituents is 1. The number of esters is 1. The molecular weight excluding hydrogens is 532 g/mol. The van der Waals surface area contributed by atoms with Gasteiger partial charge in [0.25, 0.3) is 10.2 Å². The van der Waals surface area contributed by atoms with E-state index in [4.69, 9.17) is 37.2 Å². The second-order valence-corrected chi connectivity index (χ2v) is 11.0. The monoisotopic (exact) mass is 557 g/mol. The molecule has 0 aliphatic heterocycles. The van der Waals surface area contributed by atoms with E-state index >= 15 is 0 Å². The number of rotatable bonds is 13. The molecule has 2 aromatic carbocycles. The van der Waals surface area contributed by atoms with Gasteiger partial charge in [-0.05, 0) is 67.5 Å². The molecule has 1 saturated carbocycles. The lowest BCUT2D eigenvalue weighted by molar-refractivity contribution is -0.384. The smallest absolute Gasteiger partial charge is 0.412 e. The molecule has 3 rings (SSSR count). The summed E-state index contributed by atoms with van der Waals surface area (Å²) in [5.74, 6) is 0.884. The number of carbonyl (C=O) groups is 1. The highest BCUT2D eigenvalue weighted by molar-refractivity contribution is 7.33. The van der Waals surface area contributed by atoms with E-state index in [1.54, 1.807) is 12.1 Å². The molecule has 194 valence electrons. The zero-order valence-corrected chi connectivity index (χ0v) is 22.0. The van der Waals surface area contributed by atoms with Gasteiger partial charge in [-0.3, -0.25) is 19.4 Å². The number of benzene rings is 2. The van der Waals surface area contributed by atoms with Crippen LogP contribution in [0.25, 0.3) is 0 Å². The zero-order valence-electron chi connectivity index (χ0n) is 19.6.